The number of rotatable bonds is 5. The number of amides is 1. The molecule has 0 N–H and O–H groups in total. The fraction of sp³-hybridized carbons (Fsp3) is 0.200. The van der Waals surface area contributed by atoms with E-state index >= 15 is 0 Å². The van der Waals surface area contributed by atoms with E-state index in [1.54, 1.807) is 37.3 Å². The number of methoxy groups -OCH3 is 2. The van der Waals surface area contributed by atoms with E-state index < -0.39 is 0 Å². The second-order valence-corrected chi connectivity index (χ2v) is 8.07. The van der Waals surface area contributed by atoms with Crippen molar-refractivity contribution in [2.45, 2.75) is 13.5 Å². The predicted molar refractivity (Wildman–Crippen MR) is 114 cm³/mol. The molecule has 0 radical (unpaired) electrons. The van der Waals surface area contributed by atoms with E-state index in [2.05, 4.69) is 0 Å². The van der Waals surface area contributed by atoms with Gasteiger partial charge in [-0.3, -0.25) is 9.69 Å². The lowest BCUT2D eigenvalue weighted by Gasteiger charge is -2.14. The number of ether oxygens (including phenoxy) is 2. The summed E-state index contributed by atoms with van der Waals surface area (Å²) in [4.78, 5) is 15.0. The van der Waals surface area contributed by atoms with Gasteiger partial charge in [-0.1, -0.05) is 65.4 Å². The van der Waals surface area contributed by atoms with Gasteiger partial charge in [-0.15, -0.1) is 0 Å². The first kappa shape index (κ1) is 19.7. The summed E-state index contributed by atoms with van der Waals surface area (Å²) >= 11 is 13.0. The van der Waals surface area contributed by atoms with Gasteiger partial charge in [-0.05, 0) is 30.2 Å². The summed E-state index contributed by atoms with van der Waals surface area (Å²) in [5.41, 5.74) is 2.87. The molecule has 0 aromatic heterocycles. The SMILES string of the molecule is COc1cc(Cl)c(/C=C2\SC(=S)N(Cc3ccc(C)cc3)C2=O)cc1OC. The van der Waals surface area contributed by atoms with Crippen molar-refractivity contribution in [2.24, 2.45) is 0 Å². The molecule has 2 aromatic rings. The molecule has 140 valence electrons. The van der Waals surface area contributed by atoms with E-state index in [1.165, 1.54) is 17.3 Å². The molecule has 1 fully saturated rings. The second-order valence-electron chi connectivity index (χ2n) is 5.98. The minimum absolute atomic E-state index is 0.128. The van der Waals surface area contributed by atoms with Crippen LogP contribution >= 0.6 is 35.6 Å². The number of hydrogen-bond donors (Lipinski definition) is 0. The van der Waals surface area contributed by atoms with Gasteiger partial charge in [0.15, 0.2) is 11.5 Å². The lowest BCUT2D eigenvalue weighted by molar-refractivity contribution is -0.122. The highest BCUT2D eigenvalue weighted by Gasteiger charge is 2.32. The summed E-state index contributed by atoms with van der Waals surface area (Å²) in [7, 11) is 3.10. The second kappa shape index (κ2) is 8.33. The van der Waals surface area contributed by atoms with Crippen LogP contribution in [0.1, 0.15) is 16.7 Å². The molecule has 0 bridgehead atoms. The van der Waals surface area contributed by atoms with Crippen LogP contribution in [0.25, 0.3) is 6.08 Å². The molecule has 3 rings (SSSR count). The van der Waals surface area contributed by atoms with Crippen molar-refractivity contribution < 1.29 is 14.3 Å². The molecule has 0 atom stereocenters. The van der Waals surface area contributed by atoms with Gasteiger partial charge in [0.05, 0.1) is 30.7 Å². The maximum atomic E-state index is 12.8. The van der Waals surface area contributed by atoms with Crippen molar-refractivity contribution in [3.63, 3.8) is 0 Å². The highest BCUT2D eigenvalue weighted by Crippen LogP contribution is 2.38. The maximum absolute atomic E-state index is 12.8. The first-order valence-corrected chi connectivity index (χ1v) is 9.75. The first-order valence-electron chi connectivity index (χ1n) is 8.15. The lowest BCUT2D eigenvalue weighted by atomic mass is 10.1. The molecular formula is C20H18ClNO3S2. The summed E-state index contributed by atoms with van der Waals surface area (Å²) < 4.78 is 11.1. The molecule has 0 aliphatic carbocycles. The van der Waals surface area contributed by atoms with Crippen molar-refractivity contribution in [2.75, 3.05) is 14.2 Å². The minimum atomic E-state index is -0.128. The molecule has 4 nitrogen and oxygen atoms in total. The van der Waals surface area contributed by atoms with Gasteiger partial charge in [0.1, 0.15) is 4.32 Å². The van der Waals surface area contributed by atoms with Crippen LogP contribution in [0.4, 0.5) is 0 Å². The van der Waals surface area contributed by atoms with Gasteiger partial charge in [-0.2, -0.15) is 0 Å². The third-order valence-electron chi connectivity index (χ3n) is 4.12. The standard InChI is InChI=1S/C20H18ClNO3S2/c1-12-4-6-13(7-5-12)11-22-19(23)18(27-20(22)26)9-14-8-16(24-2)17(25-3)10-15(14)21/h4-10H,11H2,1-3H3/b18-9-. The van der Waals surface area contributed by atoms with Crippen LogP contribution in [0.15, 0.2) is 41.3 Å². The number of halogens is 1. The Morgan fingerprint density at radius 1 is 1.15 bits per heavy atom. The molecule has 2 aromatic carbocycles. The molecule has 7 heteroatoms. The summed E-state index contributed by atoms with van der Waals surface area (Å²) in [5.74, 6) is 0.950. The average molecular weight is 420 g/mol. The zero-order valence-corrected chi connectivity index (χ0v) is 17.5. The van der Waals surface area contributed by atoms with Crippen LogP contribution in [0.3, 0.4) is 0 Å². The summed E-state index contributed by atoms with van der Waals surface area (Å²) in [6.45, 7) is 2.47. The Kier molecular flexibility index (Phi) is 6.09. The van der Waals surface area contributed by atoms with Crippen molar-refractivity contribution in [3.8, 4) is 11.5 Å². The van der Waals surface area contributed by atoms with Gasteiger partial charge in [0.25, 0.3) is 5.91 Å². The Morgan fingerprint density at radius 2 is 1.78 bits per heavy atom. The Bertz CT molecular complexity index is 926. The van der Waals surface area contributed by atoms with Gasteiger partial charge >= 0.3 is 0 Å². The van der Waals surface area contributed by atoms with Crippen LogP contribution in [-0.2, 0) is 11.3 Å². The Morgan fingerprint density at radius 3 is 2.41 bits per heavy atom. The molecule has 1 heterocycles. The summed E-state index contributed by atoms with van der Waals surface area (Å²) in [5, 5.41) is 0.469. The summed E-state index contributed by atoms with van der Waals surface area (Å²) in [6, 6.07) is 11.5. The molecule has 1 amide bonds. The number of hydrogen-bond acceptors (Lipinski definition) is 5. The predicted octanol–water partition coefficient (Wildman–Crippen LogP) is 5.07. The van der Waals surface area contributed by atoms with Crippen molar-refractivity contribution in [1.29, 1.82) is 0 Å². The van der Waals surface area contributed by atoms with E-state index in [4.69, 9.17) is 33.3 Å². The Hall–Kier alpha value is -2.02. The topological polar surface area (TPSA) is 38.8 Å². The van der Waals surface area contributed by atoms with E-state index in [0.717, 1.165) is 5.56 Å². The summed E-state index contributed by atoms with van der Waals surface area (Å²) in [6.07, 6.45) is 1.73. The third kappa shape index (κ3) is 4.29. The van der Waals surface area contributed by atoms with E-state index in [1.807, 2.05) is 31.2 Å². The smallest absolute Gasteiger partial charge is 0.266 e. The van der Waals surface area contributed by atoms with Gasteiger partial charge in [-0.25, -0.2) is 0 Å². The number of carbonyl (C=O) groups is 1. The lowest BCUT2D eigenvalue weighted by Crippen LogP contribution is -2.27. The van der Waals surface area contributed by atoms with Gasteiger partial charge < -0.3 is 9.47 Å². The van der Waals surface area contributed by atoms with E-state index in [9.17, 15) is 4.79 Å². The number of nitrogens with zero attached hydrogens (tertiary/aromatic N) is 1. The molecule has 1 saturated heterocycles. The number of carbonyl (C=O) groups excluding carboxylic acids is 1. The normalized spacial score (nSPS) is 15.6. The third-order valence-corrected chi connectivity index (χ3v) is 5.83. The van der Waals surface area contributed by atoms with Crippen LogP contribution < -0.4 is 9.47 Å². The van der Waals surface area contributed by atoms with Crippen molar-refractivity contribution >= 4 is 51.9 Å². The zero-order valence-electron chi connectivity index (χ0n) is 15.1. The molecule has 1 aliphatic rings. The van der Waals surface area contributed by atoms with Crippen LogP contribution in [0.5, 0.6) is 11.5 Å². The van der Waals surface area contributed by atoms with Gasteiger partial charge in [0, 0.05) is 6.07 Å². The van der Waals surface area contributed by atoms with Crippen LogP contribution in [0.2, 0.25) is 5.02 Å². The van der Waals surface area contributed by atoms with Gasteiger partial charge in [0.2, 0.25) is 0 Å². The molecule has 1 aliphatic heterocycles. The molecular weight excluding hydrogens is 402 g/mol. The number of thioether (sulfide) groups is 1. The monoisotopic (exact) mass is 419 g/mol. The highest BCUT2D eigenvalue weighted by molar-refractivity contribution is 8.26. The molecule has 0 unspecified atom stereocenters. The van der Waals surface area contributed by atoms with Crippen LogP contribution in [-0.4, -0.2) is 29.3 Å². The zero-order chi connectivity index (χ0) is 19.6. The number of aryl methyl sites for hydroxylation is 1. The molecule has 0 saturated carbocycles. The van der Waals surface area contributed by atoms with Crippen molar-refractivity contribution in [1.82, 2.24) is 4.90 Å². The fourth-order valence-electron chi connectivity index (χ4n) is 2.63. The van der Waals surface area contributed by atoms with E-state index in [-0.39, 0.29) is 5.91 Å². The van der Waals surface area contributed by atoms with Crippen molar-refractivity contribution in [3.05, 3.63) is 63.0 Å². The fourth-order valence-corrected chi connectivity index (χ4v) is 4.09. The largest absolute Gasteiger partial charge is 0.493 e. The highest BCUT2D eigenvalue weighted by atomic mass is 35.5. The average Bonchev–Trinajstić information content (AvgIpc) is 2.92. The number of thiocarbonyl (C=S) groups is 1. The minimum Gasteiger partial charge on any atom is -0.493 e. The first-order chi connectivity index (χ1) is 12.9. The van der Waals surface area contributed by atoms with Crippen LogP contribution in [0, 0.1) is 6.92 Å². The molecule has 0 spiro atoms. The Labute approximate surface area is 173 Å². The number of benzene rings is 2. The van der Waals surface area contributed by atoms with E-state index in [0.29, 0.717) is 37.9 Å². The Balaban J connectivity index is 1.87. The quantitative estimate of drug-likeness (QED) is 0.500. The maximum Gasteiger partial charge on any atom is 0.266 e. The molecule has 27 heavy (non-hydrogen) atoms.